The van der Waals surface area contributed by atoms with Gasteiger partial charge in [0.25, 0.3) is 0 Å². The fraction of sp³-hybridized carbons (Fsp3) is 0.357. The molecule has 1 rings (SSSR count). The van der Waals surface area contributed by atoms with E-state index in [2.05, 4.69) is 5.32 Å². The monoisotopic (exact) mass is 249 g/mol. The van der Waals surface area contributed by atoms with Crippen LogP contribution >= 0.6 is 0 Å². The van der Waals surface area contributed by atoms with Gasteiger partial charge in [-0.25, -0.2) is 4.79 Å². The van der Waals surface area contributed by atoms with Gasteiger partial charge in [0, 0.05) is 12.1 Å². The van der Waals surface area contributed by atoms with E-state index >= 15 is 0 Å². The summed E-state index contributed by atoms with van der Waals surface area (Å²) in [6.45, 7) is 4.83. The standard InChI is InChI=1S/C14H19NO3/c1-3-11(14(16)17)9-10-15-12-7-5-6-8-13(12)18-4-2/h5-9,15H,3-4,10H2,1-2H3,(H,16,17)/b11-9-. The third-order valence-electron chi connectivity index (χ3n) is 2.48. The van der Waals surface area contributed by atoms with Gasteiger partial charge in [0.1, 0.15) is 5.75 Å². The van der Waals surface area contributed by atoms with Gasteiger partial charge in [0.15, 0.2) is 0 Å². The molecule has 0 aromatic heterocycles. The third-order valence-corrected chi connectivity index (χ3v) is 2.48. The van der Waals surface area contributed by atoms with E-state index in [0.717, 1.165) is 11.4 Å². The van der Waals surface area contributed by atoms with E-state index in [1.54, 1.807) is 6.08 Å². The van der Waals surface area contributed by atoms with Gasteiger partial charge in [0.2, 0.25) is 0 Å². The lowest BCUT2D eigenvalue weighted by atomic mass is 10.2. The number of carboxylic acids is 1. The molecule has 0 saturated heterocycles. The first kappa shape index (κ1) is 14.1. The quantitative estimate of drug-likeness (QED) is 0.729. The number of aliphatic carboxylic acids is 1. The summed E-state index contributed by atoms with van der Waals surface area (Å²) in [6, 6.07) is 7.60. The molecule has 18 heavy (non-hydrogen) atoms. The van der Waals surface area contributed by atoms with Crippen LogP contribution in [0.15, 0.2) is 35.9 Å². The largest absolute Gasteiger partial charge is 0.492 e. The molecule has 1 aromatic carbocycles. The highest BCUT2D eigenvalue weighted by atomic mass is 16.5. The van der Waals surface area contributed by atoms with Crippen molar-refractivity contribution in [1.29, 1.82) is 0 Å². The summed E-state index contributed by atoms with van der Waals surface area (Å²) in [4.78, 5) is 10.8. The fourth-order valence-electron chi connectivity index (χ4n) is 1.56. The Morgan fingerprint density at radius 2 is 2.11 bits per heavy atom. The van der Waals surface area contributed by atoms with Crippen LogP contribution in [-0.4, -0.2) is 24.2 Å². The predicted octanol–water partition coefficient (Wildman–Crippen LogP) is 2.92. The van der Waals surface area contributed by atoms with Gasteiger partial charge >= 0.3 is 5.97 Å². The highest BCUT2D eigenvalue weighted by Gasteiger charge is 2.04. The van der Waals surface area contributed by atoms with Crippen molar-refractivity contribution in [3.8, 4) is 5.75 Å². The molecule has 2 N–H and O–H groups in total. The summed E-state index contributed by atoms with van der Waals surface area (Å²) < 4.78 is 5.47. The lowest BCUT2D eigenvalue weighted by Gasteiger charge is -2.10. The minimum absolute atomic E-state index is 0.413. The number of nitrogens with one attached hydrogen (secondary N) is 1. The van der Waals surface area contributed by atoms with Gasteiger partial charge in [-0.2, -0.15) is 0 Å². The molecule has 0 bridgehead atoms. The Kier molecular flexibility index (Phi) is 5.77. The van der Waals surface area contributed by atoms with Crippen LogP contribution in [0.2, 0.25) is 0 Å². The zero-order chi connectivity index (χ0) is 13.4. The molecule has 0 aliphatic rings. The summed E-state index contributed by atoms with van der Waals surface area (Å²) >= 11 is 0. The van der Waals surface area contributed by atoms with E-state index in [9.17, 15) is 4.79 Å². The molecule has 1 aromatic rings. The summed E-state index contributed by atoms with van der Waals surface area (Å²) in [5, 5.41) is 12.0. The maximum absolute atomic E-state index is 10.8. The van der Waals surface area contributed by atoms with E-state index in [1.165, 1.54) is 0 Å². The van der Waals surface area contributed by atoms with Gasteiger partial charge in [-0.1, -0.05) is 25.1 Å². The second-order valence-electron chi connectivity index (χ2n) is 3.70. The third kappa shape index (κ3) is 4.13. The summed E-state index contributed by atoms with van der Waals surface area (Å²) in [7, 11) is 0. The maximum Gasteiger partial charge on any atom is 0.331 e. The first-order valence-electron chi connectivity index (χ1n) is 6.07. The van der Waals surface area contributed by atoms with Crippen LogP contribution < -0.4 is 10.1 Å². The van der Waals surface area contributed by atoms with Crippen molar-refractivity contribution in [2.75, 3.05) is 18.5 Å². The molecule has 0 fully saturated rings. The Morgan fingerprint density at radius 3 is 2.72 bits per heavy atom. The van der Waals surface area contributed by atoms with E-state index in [4.69, 9.17) is 9.84 Å². The minimum Gasteiger partial charge on any atom is -0.492 e. The van der Waals surface area contributed by atoms with Crippen molar-refractivity contribution in [3.05, 3.63) is 35.9 Å². The first-order valence-corrected chi connectivity index (χ1v) is 6.07. The van der Waals surface area contributed by atoms with Gasteiger partial charge in [-0.05, 0) is 25.5 Å². The molecule has 0 unspecified atom stereocenters. The van der Waals surface area contributed by atoms with E-state index in [-0.39, 0.29) is 0 Å². The molecule has 0 aliphatic heterocycles. The highest BCUT2D eigenvalue weighted by Crippen LogP contribution is 2.23. The van der Waals surface area contributed by atoms with Crippen molar-refractivity contribution < 1.29 is 14.6 Å². The van der Waals surface area contributed by atoms with E-state index < -0.39 is 5.97 Å². The zero-order valence-corrected chi connectivity index (χ0v) is 10.8. The van der Waals surface area contributed by atoms with Gasteiger partial charge in [-0.3, -0.25) is 0 Å². The summed E-state index contributed by atoms with van der Waals surface area (Å²) in [5.41, 5.74) is 1.29. The average Bonchev–Trinajstić information content (AvgIpc) is 2.36. The minimum atomic E-state index is -0.864. The number of hydrogen-bond acceptors (Lipinski definition) is 3. The number of para-hydroxylation sites is 2. The lowest BCUT2D eigenvalue weighted by Crippen LogP contribution is -2.06. The van der Waals surface area contributed by atoms with Crippen molar-refractivity contribution in [1.82, 2.24) is 0 Å². The number of benzene rings is 1. The molecular formula is C14H19NO3. The Hall–Kier alpha value is -1.97. The van der Waals surface area contributed by atoms with E-state index in [1.807, 2.05) is 38.1 Å². The van der Waals surface area contributed by atoms with Crippen LogP contribution in [0.1, 0.15) is 20.3 Å². The molecule has 0 radical (unpaired) electrons. The molecule has 0 heterocycles. The van der Waals surface area contributed by atoms with Crippen LogP contribution in [-0.2, 0) is 4.79 Å². The van der Waals surface area contributed by atoms with Crippen molar-refractivity contribution in [3.63, 3.8) is 0 Å². The van der Waals surface area contributed by atoms with Crippen LogP contribution in [0.3, 0.4) is 0 Å². The van der Waals surface area contributed by atoms with Crippen molar-refractivity contribution in [2.24, 2.45) is 0 Å². The molecular weight excluding hydrogens is 230 g/mol. The Morgan fingerprint density at radius 1 is 1.39 bits per heavy atom. The maximum atomic E-state index is 10.8. The van der Waals surface area contributed by atoms with E-state index in [0.29, 0.717) is 25.1 Å². The van der Waals surface area contributed by atoms with Crippen LogP contribution in [0.4, 0.5) is 5.69 Å². The number of hydrogen-bond donors (Lipinski definition) is 2. The number of carbonyl (C=O) groups is 1. The highest BCUT2D eigenvalue weighted by molar-refractivity contribution is 5.86. The second-order valence-corrected chi connectivity index (χ2v) is 3.70. The second kappa shape index (κ2) is 7.37. The topological polar surface area (TPSA) is 58.6 Å². The predicted molar refractivity (Wildman–Crippen MR) is 72.1 cm³/mol. The molecule has 0 atom stereocenters. The van der Waals surface area contributed by atoms with Gasteiger partial charge < -0.3 is 15.2 Å². The van der Waals surface area contributed by atoms with Gasteiger partial charge in [0.05, 0.1) is 12.3 Å². The SMILES string of the molecule is CCOc1ccccc1NC/C=C(/CC)C(=O)O. The number of rotatable bonds is 7. The Labute approximate surface area is 107 Å². The number of anilines is 1. The number of ether oxygens (including phenoxy) is 1. The smallest absolute Gasteiger partial charge is 0.331 e. The zero-order valence-electron chi connectivity index (χ0n) is 10.8. The first-order chi connectivity index (χ1) is 8.69. The molecule has 0 aliphatic carbocycles. The normalized spacial score (nSPS) is 11.1. The Bertz CT molecular complexity index is 427. The van der Waals surface area contributed by atoms with Crippen molar-refractivity contribution >= 4 is 11.7 Å². The fourth-order valence-corrected chi connectivity index (χ4v) is 1.56. The molecule has 0 amide bonds. The summed E-state index contributed by atoms with van der Waals surface area (Å²) in [5.74, 6) is -0.0841. The van der Waals surface area contributed by atoms with Crippen LogP contribution in [0.25, 0.3) is 0 Å². The molecule has 4 nitrogen and oxygen atoms in total. The molecule has 98 valence electrons. The molecule has 0 spiro atoms. The van der Waals surface area contributed by atoms with Crippen LogP contribution in [0, 0.1) is 0 Å². The molecule has 4 heteroatoms. The lowest BCUT2D eigenvalue weighted by molar-refractivity contribution is -0.132. The number of carboxylic acid groups (broad SMARTS) is 1. The van der Waals surface area contributed by atoms with Gasteiger partial charge in [-0.15, -0.1) is 0 Å². The summed E-state index contributed by atoms with van der Waals surface area (Å²) in [6.07, 6.45) is 2.20. The van der Waals surface area contributed by atoms with Crippen LogP contribution in [0.5, 0.6) is 5.75 Å². The Balaban J connectivity index is 2.66. The average molecular weight is 249 g/mol. The molecule has 0 saturated carbocycles. The van der Waals surface area contributed by atoms with Crippen molar-refractivity contribution in [2.45, 2.75) is 20.3 Å².